The Kier molecular flexibility index (Phi) is 4.12. The van der Waals surface area contributed by atoms with E-state index >= 15 is 0 Å². The molecule has 2 saturated carbocycles. The van der Waals surface area contributed by atoms with Crippen LogP contribution in [0.4, 0.5) is 0 Å². The monoisotopic (exact) mass is 336 g/mol. The van der Waals surface area contributed by atoms with Crippen molar-refractivity contribution >= 4 is 17.8 Å². The molecule has 6 nitrogen and oxygen atoms in total. The molecule has 1 heterocycles. The minimum Gasteiger partial charge on any atom is -0.467 e. The summed E-state index contributed by atoms with van der Waals surface area (Å²) in [6.45, 7) is 8.48. The number of ether oxygens (including phenoxy) is 1. The molecule has 2 amide bonds. The van der Waals surface area contributed by atoms with E-state index in [9.17, 15) is 14.4 Å². The number of piperidine rings is 1. The molecular formula is C18H28N2O4. The van der Waals surface area contributed by atoms with Crippen LogP contribution in [0.25, 0.3) is 0 Å². The standard InChI is InChI=1S/C18H28N2O4/c1-9(2)15(21)19-13(10-6-7-10)16(22)20-8-11-12(18(11,3)4)14(20)17(23)24-5/h9-14H,6-8H2,1-5H3,(H,19,21)/t11-,12-,13-,14-/m0/s1. The zero-order chi connectivity index (χ0) is 17.8. The Balaban J connectivity index is 1.77. The van der Waals surface area contributed by atoms with Crippen LogP contribution >= 0.6 is 0 Å². The van der Waals surface area contributed by atoms with E-state index < -0.39 is 12.1 Å². The molecule has 4 atom stereocenters. The number of nitrogens with zero attached hydrogens (tertiary/aromatic N) is 1. The van der Waals surface area contributed by atoms with E-state index in [0.29, 0.717) is 12.5 Å². The Morgan fingerprint density at radius 3 is 2.33 bits per heavy atom. The Morgan fingerprint density at radius 1 is 1.21 bits per heavy atom. The maximum Gasteiger partial charge on any atom is 0.328 e. The van der Waals surface area contributed by atoms with Crippen molar-refractivity contribution < 1.29 is 19.1 Å². The number of carbonyl (C=O) groups excluding carboxylic acids is 3. The van der Waals surface area contributed by atoms with Gasteiger partial charge < -0.3 is 15.0 Å². The first kappa shape index (κ1) is 17.2. The zero-order valence-corrected chi connectivity index (χ0v) is 15.2. The Labute approximate surface area is 143 Å². The van der Waals surface area contributed by atoms with Crippen LogP contribution in [0.1, 0.15) is 40.5 Å². The maximum absolute atomic E-state index is 13.1. The fraction of sp³-hybridized carbons (Fsp3) is 0.833. The molecule has 3 aliphatic rings. The van der Waals surface area contributed by atoms with Crippen molar-refractivity contribution in [2.24, 2.45) is 29.1 Å². The summed E-state index contributed by atoms with van der Waals surface area (Å²) in [6, 6.07) is -1.02. The molecule has 0 unspecified atom stereocenters. The number of nitrogens with one attached hydrogen (secondary N) is 1. The number of likely N-dealkylation sites (tertiary alicyclic amines) is 1. The van der Waals surface area contributed by atoms with Gasteiger partial charge >= 0.3 is 5.97 Å². The topological polar surface area (TPSA) is 75.7 Å². The molecule has 24 heavy (non-hydrogen) atoms. The Morgan fingerprint density at radius 2 is 1.83 bits per heavy atom. The number of amides is 2. The molecule has 3 fully saturated rings. The fourth-order valence-corrected chi connectivity index (χ4v) is 4.21. The average Bonchev–Trinajstić information content (AvgIpc) is 3.39. The van der Waals surface area contributed by atoms with E-state index in [-0.39, 0.29) is 41.0 Å². The molecule has 3 rings (SSSR count). The summed E-state index contributed by atoms with van der Waals surface area (Å²) in [4.78, 5) is 39.1. The van der Waals surface area contributed by atoms with Gasteiger partial charge in [-0.05, 0) is 30.1 Å². The van der Waals surface area contributed by atoms with Crippen molar-refractivity contribution in [3.63, 3.8) is 0 Å². The second-order valence-electron chi connectivity index (χ2n) is 8.39. The Bertz CT molecular complexity index is 567. The maximum atomic E-state index is 13.1. The number of esters is 1. The molecule has 0 aromatic heterocycles. The van der Waals surface area contributed by atoms with Crippen LogP contribution in [-0.2, 0) is 19.1 Å². The lowest BCUT2D eigenvalue weighted by Gasteiger charge is -2.32. The van der Waals surface area contributed by atoms with Gasteiger partial charge in [-0.25, -0.2) is 4.79 Å². The molecule has 2 aliphatic carbocycles. The summed E-state index contributed by atoms with van der Waals surface area (Å²) < 4.78 is 4.96. The van der Waals surface area contributed by atoms with Crippen molar-refractivity contribution in [3.05, 3.63) is 0 Å². The largest absolute Gasteiger partial charge is 0.467 e. The van der Waals surface area contributed by atoms with Crippen LogP contribution in [0.2, 0.25) is 0 Å². The number of hydrogen-bond acceptors (Lipinski definition) is 4. The van der Waals surface area contributed by atoms with Gasteiger partial charge in [0.1, 0.15) is 12.1 Å². The zero-order valence-electron chi connectivity index (χ0n) is 15.2. The molecule has 0 aromatic rings. The first-order valence-electron chi connectivity index (χ1n) is 8.88. The summed E-state index contributed by atoms with van der Waals surface area (Å²) in [5, 5.41) is 2.90. The summed E-state index contributed by atoms with van der Waals surface area (Å²) in [7, 11) is 1.37. The number of fused-ring (bicyclic) bond motifs is 1. The second-order valence-corrected chi connectivity index (χ2v) is 8.39. The van der Waals surface area contributed by atoms with Gasteiger partial charge in [0, 0.05) is 18.4 Å². The first-order valence-corrected chi connectivity index (χ1v) is 8.88. The van der Waals surface area contributed by atoms with Crippen molar-refractivity contribution in [2.75, 3.05) is 13.7 Å². The van der Waals surface area contributed by atoms with Crippen LogP contribution in [0, 0.1) is 29.1 Å². The third kappa shape index (κ3) is 2.70. The highest BCUT2D eigenvalue weighted by Crippen LogP contribution is 2.65. The molecule has 1 N–H and O–H groups in total. The number of methoxy groups -OCH3 is 1. The number of carbonyl (C=O) groups is 3. The molecule has 1 aliphatic heterocycles. The molecule has 1 saturated heterocycles. The fourth-order valence-electron chi connectivity index (χ4n) is 4.21. The molecule has 0 radical (unpaired) electrons. The van der Waals surface area contributed by atoms with E-state index in [2.05, 4.69) is 19.2 Å². The quantitative estimate of drug-likeness (QED) is 0.765. The van der Waals surface area contributed by atoms with E-state index in [1.54, 1.807) is 4.90 Å². The second kappa shape index (κ2) is 5.74. The minimum atomic E-state index is -0.514. The van der Waals surface area contributed by atoms with E-state index in [4.69, 9.17) is 4.74 Å². The molecule has 0 aromatic carbocycles. The van der Waals surface area contributed by atoms with Gasteiger partial charge in [-0.3, -0.25) is 9.59 Å². The van der Waals surface area contributed by atoms with Crippen molar-refractivity contribution in [3.8, 4) is 0 Å². The molecule has 134 valence electrons. The van der Waals surface area contributed by atoms with Gasteiger partial charge in [-0.1, -0.05) is 27.7 Å². The number of hydrogen-bond donors (Lipinski definition) is 1. The normalized spacial score (nSPS) is 31.4. The van der Waals surface area contributed by atoms with E-state index in [0.717, 1.165) is 12.8 Å². The lowest BCUT2D eigenvalue weighted by Crippen LogP contribution is -2.55. The Hall–Kier alpha value is -1.59. The van der Waals surface area contributed by atoms with Gasteiger partial charge in [0.2, 0.25) is 11.8 Å². The van der Waals surface area contributed by atoms with Crippen LogP contribution in [0.15, 0.2) is 0 Å². The summed E-state index contributed by atoms with van der Waals surface area (Å²) in [5.74, 6) is -0.0406. The van der Waals surface area contributed by atoms with Gasteiger partial charge in [0.25, 0.3) is 0 Å². The van der Waals surface area contributed by atoms with Crippen LogP contribution in [0.3, 0.4) is 0 Å². The van der Waals surface area contributed by atoms with Crippen molar-refractivity contribution in [2.45, 2.75) is 52.6 Å². The third-order valence-electron chi connectivity index (χ3n) is 6.12. The molecular weight excluding hydrogens is 308 g/mol. The molecule has 6 heteroatoms. The minimum absolute atomic E-state index is 0.0753. The highest BCUT2D eigenvalue weighted by molar-refractivity contribution is 5.92. The van der Waals surface area contributed by atoms with Gasteiger partial charge in [-0.2, -0.15) is 0 Å². The number of rotatable bonds is 5. The lowest BCUT2D eigenvalue weighted by atomic mass is 9.99. The highest BCUT2D eigenvalue weighted by Gasteiger charge is 2.70. The van der Waals surface area contributed by atoms with E-state index in [1.807, 2.05) is 13.8 Å². The summed E-state index contributed by atoms with van der Waals surface area (Å²) in [6.07, 6.45) is 1.90. The van der Waals surface area contributed by atoms with E-state index in [1.165, 1.54) is 7.11 Å². The highest BCUT2D eigenvalue weighted by atomic mass is 16.5. The van der Waals surface area contributed by atoms with Gasteiger partial charge in [0.05, 0.1) is 7.11 Å². The molecule has 0 spiro atoms. The molecule has 0 bridgehead atoms. The predicted molar refractivity (Wildman–Crippen MR) is 87.8 cm³/mol. The summed E-state index contributed by atoms with van der Waals surface area (Å²) in [5.41, 5.74) is 0.0753. The van der Waals surface area contributed by atoms with Crippen molar-refractivity contribution in [1.29, 1.82) is 0 Å². The smallest absolute Gasteiger partial charge is 0.328 e. The summed E-state index contributed by atoms with van der Waals surface area (Å²) >= 11 is 0. The van der Waals surface area contributed by atoms with Gasteiger partial charge in [0.15, 0.2) is 0 Å². The van der Waals surface area contributed by atoms with Crippen LogP contribution < -0.4 is 5.32 Å². The third-order valence-corrected chi connectivity index (χ3v) is 6.12. The van der Waals surface area contributed by atoms with Gasteiger partial charge in [-0.15, -0.1) is 0 Å². The first-order chi connectivity index (χ1) is 11.2. The van der Waals surface area contributed by atoms with Crippen molar-refractivity contribution in [1.82, 2.24) is 10.2 Å². The van der Waals surface area contributed by atoms with Crippen LogP contribution in [0.5, 0.6) is 0 Å². The SMILES string of the molecule is COC(=O)[C@@H]1[C@@H]2[C@H](CN1C(=O)[C@@H](NC(=O)C(C)C)C1CC1)C2(C)C. The lowest BCUT2D eigenvalue weighted by molar-refractivity contribution is -0.154. The average molecular weight is 336 g/mol. The predicted octanol–water partition coefficient (Wildman–Crippen LogP) is 1.19. The van der Waals surface area contributed by atoms with Crippen LogP contribution in [-0.4, -0.2) is 48.4 Å².